The SMILES string of the molecule is COC1(OC)C=CC(C(=O)C=Cc2ccccc2)=C(OCc2ccccc2)C1. The third-order valence-corrected chi connectivity index (χ3v) is 4.65. The van der Waals surface area contributed by atoms with Crippen LogP contribution in [0, 0.1) is 0 Å². The predicted molar refractivity (Wildman–Crippen MR) is 109 cm³/mol. The van der Waals surface area contributed by atoms with Crippen LogP contribution in [0.4, 0.5) is 0 Å². The molecule has 1 aliphatic rings. The van der Waals surface area contributed by atoms with Gasteiger partial charge in [-0.2, -0.15) is 0 Å². The topological polar surface area (TPSA) is 44.8 Å². The minimum atomic E-state index is -0.932. The molecule has 4 nitrogen and oxygen atoms in total. The number of ketones is 1. The summed E-state index contributed by atoms with van der Waals surface area (Å²) in [5, 5.41) is 0. The number of carbonyl (C=O) groups is 1. The van der Waals surface area contributed by atoms with Crippen LogP contribution in [0.25, 0.3) is 6.08 Å². The van der Waals surface area contributed by atoms with E-state index in [0.29, 0.717) is 24.4 Å². The summed E-state index contributed by atoms with van der Waals surface area (Å²) in [6.45, 7) is 0.368. The van der Waals surface area contributed by atoms with Gasteiger partial charge in [0.2, 0.25) is 0 Å². The van der Waals surface area contributed by atoms with E-state index in [2.05, 4.69) is 0 Å². The Morgan fingerprint density at radius 2 is 1.64 bits per heavy atom. The van der Waals surface area contributed by atoms with Gasteiger partial charge in [0, 0.05) is 14.2 Å². The van der Waals surface area contributed by atoms with E-state index in [-0.39, 0.29) is 5.78 Å². The first-order valence-corrected chi connectivity index (χ1v) is 9.13. The summed E-state index contributed by atoms with van der Waals surface area (Å²) in [4.78, 5) is 12.8. The Labute approximate surface area is 165 Å². The predicted octanol–water partition coefficient (Wildman–Crippen LogP) is 4.69. The molecule has 0 radical (unpaired) electrons. The summed E-state index contributed by atoms with van der Waals surface area (Å²) in [7, 11) is 3.15. The summed E-state index contributed by atoms with van der Waals surface area (Å²) >= 11 is 0. The second-order valence-corrected chi connectivity index (χ2v) is 6.45. The van der Waals surface area contributed by atoms with E-state index in [1.807, 2.05) is 60.7 Å². The molecule has 3 rings (SSSR count). The van der Waals surface area contributed by atoms with Gasteiger partial charge in [0.1, 0.15) is 12.4 Å². The molecule has 0 fully saturated rings. The highest BCUT2D eigenvalue weighted by Gasteiger charge is 2.34. The molecule has 1 aliphatic carbocycles. The van der Waals surface area contributed by atoms with Crippen LogP contribution in [0.5, 0.6) is 0 Å². The van der Waals surface area contributed by atoms with Crippen LogP contribution in [-0.2, 0) is 25.6 Å². The molecule has 0 aromatic heterocycles. The smallest absolute Gasteiger partial charge is 0.194 e. The van der Waals surface area contributed by atoms with Gasteiger partial charge in [-0.15, -0.1) is 0 Å². The third-order valence-electron chi connectivity index (χ3n) is 4.65. The molecule has 0 saturated heterocycles. The highest BCUT2D eigenvalue weighted by molar-refractivity contribution is 6.08. The van der Waals surface area contributed by atoms with E-state index < -0.39 is 5.79 Å². The lowest BCUT2D eigenvalue weighted by atomic mass is 9.96. The van der Waals surface area contributed by atoms with Crippen molar-refractivity contribution >= 4 is 11.9 Å². The maximum absolute atomic E-state index is 12.8. The monoisotopic (exact) mass is 376 g/mol. The van der Waals surface area contributed by atoms with E-state index in [9.17, 15) is 4.79 Å². The number of methoxy groups -OCH3 is 2. The first-order valence-electron chi connectivity index (χ1n) is 9.13. The van der Waals surface area contributed by atoms with E-state index in [0.717, 1.165) is 11.1 Å². The molecule has 144 valence electrons. The summed E-state index contributed by atoms with van der Waals surface area (Å²) < 4.78 is 17.1. The lowest BCUT2D eigenvalue weighted by Gasteiger charge is -2.32. The fraction of sp³-hybridized carbons (Fsp3) is 0.208. The number of hydrogen-bond donors (Lipinski definition) is 0. The zero-order valence-corrected chi connectivity index (χ0v) is 16.1. The van der Waals surface area contributed by atoms with Crippen LogP contribution >= 0.6 is 0 Å². The molecule has 0 bridgehead atoms. The maximum atomic E-state index is 12.8. The normalized spacial score (nSPS) is 15.8. The largest absolute Gasteiger partial charge is 0.492 e. The molecule has 2 aromatic carbocycles. The zero-order valence-electron chi connectivity index (χ0n) is 16.1. The quantitative estimate of drug-likeness (QED) is 0.495. The Morgan fingerprint density at radius 3 is 2.29 bits per heavy atom. The fourth-order valence-corrected chi connectivity index (χ4v) is 2.96. The lowest BCUT2D eigenvalue weighted by molar-refractivity contribution is -0.175. The minimum absolute atomic E-state index is 0.121. The van der Waals surface area contributed by atoms with Crippen molar-refractivity contribution in [2.24, 2.45) is 0 Å². The third kappa shape index (κ3) is 4.85. The second-order valence-electron chi connectivity index (χ2n) is 6.45. The van der Waals surface area contributed by atoms with Gasteiger partial charge in [0.25, 0.3) is 0 Å². The first-order chi connectivity index (χ1) is 13.7. The number of rotatable bonds is 8. The molecule has 28 heavy (non-hydrogen) atoms. The molecule has 0 saturated carbocycles. The van der Waals surface area contributed by atoms with Crippen LogP contribution in [-0.4, -0.2) is 25.8 Å². The molecular weight excluding hydrogens is 352 g/mol. The zero-order chi connectivity index (χ0) is 19.8. The second kappa shape index (κ2) is 9.31. The van der Waals surface area contributed by atoms with Crippen molar-refractivity contribution < 1.29 is 19.0 Å². The first kappa shape index (κ1) is 19.8. The molecule has 0 aliphatic heterocycles. The molecule has 0 atom stereocenters. The molecule has 0 amide bonds. The Hall–Kier alpha value is -2.95. The Bertz CT molecular complexity index is 875. The van der Waals surface area contributed by atoms with Crippen LogP contribution in [0.3, 0.4) is 0 Å². The molecule has 0 spiro atoms. The highest BCUT2D eigenvalue weighted by atomic mass is 16.7. The van der Waals surface area contributed by atoms with Gasteiger partial charge in [-0.1, -0.05) is 66.7 Å². The lowest BCUT2D eigenvalue weighted by Crippen LogP contribution is -2.34. The van der Waals surface area contributed by atoms with Crippen molar-refractivity contribution in [3.8, 4) is 0 Å². The van der Waals surface area contributed by atoms with Gasteiger partial charge < -0.3 is 14.2 Å². The number of carbonyl (C=O) groups excluding carboxylic acids is 1. The summed E-state index contributed by atoms with van der Waals surface area (Å²) in [5.74, 6) is -0.499. The van der Waals surface area contributed by atoms with Crippen LogP contribution < -0.4 is 0 Å². The summed E-state index contributed by atoms with van der Waals surface area (Å²) in [6, 6.07) is 19.5. The van der Waals surface area contributed by atoms with Crippen molar-refractivity contribution in [2.75, 3.05) is 14.2 Å². The van der Waals surface area contributed by atoms with E-state index in [1.54, 1.807) is 38.5 Å². The van der Waals surface area contributed by atoms with Gasteiger partial charge >= 0.3 is 0 Å². The van der Waals surface area contributed by atoms with E-state index in [4.69, 9.17) is 14.2 Å². The minimum Gasteiger partial charge on any atom is -0.492 e. The molecule has 0 heterocycles. The van der Waals surface area contributed by atoms with E-state index >= 15 is 0 Å². The summed E-state index contributed by atoms with van der Waals surface area (Å²) in [5.41, 5.74) is 2.50. The molecule has 2 aromatic rings. The van der Waals surface area contributed by atoms with Crippen molar-refractivity contribution in [3.05, 3.63) is 101 Å². The maximum Gasteiger partial charge on any atom is 0.194 e. The van der Waals surface area contributed by atoms with Gasteiger partial charge in [-0.05, 0) is 29.4 Å². The molecule has 4 heteroatoms. The van der Waals surface area contributed by atoms with E-state index in [1.165, 1.54) is 0 Å². The number of hydrogen-bond acceptors (Lipinski definition) is 4. The average molecular weight is 376 g/mol. The fourth-order valence-electron chi connectivity index (χ4n) is 2.96. The molecule has 0 N–H and O–H groups in total. The number of benzene rings is 2. The van der Waals surface area contributed by atoms with Crippen molar-refractivity contribution in [1.82, 2.24) is 0 Å². The Kier molecular flexibility index (Phi) is 6.58. The molecular formula is C24H24O4. The van der Waals surface area contributed by atoms with Crippen LogP contribution in [0.15, 0.2) is 90.2 Å². The Morgan fingerprint density at radius 1 is 1.00 bits per heavy atom. The summed E-state index contributed by atoms with van der Waals surface area (Å²) in [6.07, 6.45) is 7.16. The standard InChI is InChI=1S/C24H24O4/c1-26-24(27-2)16-15-21(22(25)14-13-19-9-5-3-6-10-19)23(17-24)28-18-20-11-7-4-8-12-20/h3-16H,17-18H2,1-2H3. The van der Waals surface area contributed by atoms with Crippen LogP contribution in [0.1, 0.15) is 17.5 Å². The van der Waals surface area contributed by atoms with Crippen LogP contribution in [0.2, 0.25) is 0 Å². The van der Waals surface area contributed by atoms with Crippen molar-refractivity contribution in [1.29, 1.82) is 0 Å². The van der Waals surface area contributed by atoms with Crippen molar-refractivity contribution in [2.45, 2.75) is 18.8 Å². The van der Waals surface area contributed by atoms with Gasteiger partial charge in [-0.25, -0.2) is 0 Å². The molecule has 0 unspecified atom stereocenters. The van der Waals surface area contributed by atoms with Crippen molar-refractivity contribution in [3.63, 3.8) is 0 Å². The number of ether oxygens (including phenoxy) is 3. The van der Waals surface area contributed by atoms with Gasteiger partial charge in [0.05, 0.1) is 12.0 Å². The highest BCUT2D eigenvalue weighted by Crippen LogP contribution is 2.32. The average Bonchev–Trinajstić information content (AvgIpc) is 2.77. The van der Waals surface area contributed by atoms with Gasteiger partial charge in [0.15, 0.2) is 11.6 Å². The Balaban J connectivity index is 1.83. The number of allylic oxidation sites excluding steroid dienone is 3. The van der Waals surface area contributed by atoms with Gasteiger partial charge in [-0.3, -0.25) is 4.79 Å².